The number of pyridine rings is 1. The van der Waals surface area contributed by atoms with Crippen LogP contribution in [0.2, 0.25) is 0 Å². The van der Waals surface area contributed by atoms with Crippen LogP contribution in [0.3, 0.4) is 0 Å². The second-order valence-corrected chi connectivity index (χ2v) is 7.24. The minimum absolute atomic E-state index is 0.230. The van der Waals surface area contributed by atoms with Gasteiger partial charge in [0, 0.05) is 25.4 Å². The van der Waals surface area contributed by atoms with Crippen molar-refractivity contribution >= 4 is 17.7 Å². The van der Waals surface area contributed by atoms with Gasteiger partial charge in [-0.1, -0.05) is 36.4 Å². The molecule has 30 heavy (non-hydrogen) atoms. The summed E-state index contributed by atoms with van der Waals surface area (Å²) in [6, 6.07) is 19.9. The maximum atomic E-state index is 12.8. The molecule has 0 bridgehead atoms. The minimum Gasteiger partial charge on any atom is -0.336 e. The molecule has 3 amide bonds. The van der Waals surface area contributed by atoms with Gasteiger partial charge in [-0.3, -0.25) is 24.3 Å². The van der Waals surface area contributed by atoms with Crippen molar-refractivity contribution in [3.8, 4) is 0 Å². The molecule has 6 heteroatoms. The summed E-state index contributed by atoms with van der Waals surface area (Å²) in [6.07, 6.45) is 2.27. The van der Waals surface area contributed by atoms with Crippen LogP contribution in [0.4, 0.5) is 0 Å². The number of rotatable bonds is 6. The molecule has 150 valence electrons. The van der Waals surface area contributed by atoms with Crippen molar-refractivity contribution in [2.45, 2.75) is 13.0 Å². The van der Waals surface area contributed by atoms with Gasteiger partial charge in [0.1, 0.15) is 0 Å². The van der Waals surface area contributed by atoms with Gasteiger partial charge in [0.15, 0.2) is 0 Å². The average molecular weight is 399 g/mol. The Balaban J connectivity index is 1.49. The first-order chi connectivity index (χ1) is 14.5. The molecule has 1 aliphatic rings. The average Bonchev–Trinajstić information content (AvgIpc) is 3.02. The van der Waals surface area contributed by atoms with Gasteiger partial charge in [-0.05, 0) is 42.3 Å². The van der Waals surface area contributed by atoms with Crippen molar-refractivity contribution in [1.29, 1.82) is 0 Å². The normalized spacial score (nSPS) is 12.8. The van der Waals surface area contributed by atoms with Gasteiger partial charge in [0.05, 0.1) is 23.4 Å². The van der Waals surface area contributed by atoms with E-state index >= 15 is 0 Å². The first-order valence-corrected chi connectivity index (χ1v) is 9.74. The van der Waals surface area contributed by atoms with Crippen molar-refractivity contribution in [1.82, 2.24) is 14.8 Å². The zero-order chi connectivity index (χ0) is 21.1. The topological polar surface area (TPSA) is 70.6 Å². The number of carbonyl (C=O) groups is 3. The molecular formula is C24H21N3O3. The van der Waals surface area contributed by atoms with Gasteiger partial charge in [0.2, 0.25) is 0 Å². The van der Waals surface area contributed by atoms with E-state index < -0.39 is 0 Å². The standard InChI is InChI=1S/C24H21N3O3/c1-26(16-19-9-5-6-13-25-19)22(28)18-10-11-20-21(15-18)24(30)27(23(20)29)14-12-17-7-3-2-4-8-17/h2-11,13,15H,12,14,16H2,1H3. The maximum absolute atomic E-state index is 12.8. The van der Waals surface area contributed by atoms with E-state index in [0.29, 0.717) is 30.6 Å². The van der Waals surface area contributed by atoms with E-state index in [0.717, 1.165) is 11.3 Å². The molecule has 4 rings (SSSR count). The van der Waals surface area contributed by atoms with Crippen molar-refractivity contribution in [3.63, 3.8) is 0 Å². The number of imide groups is 1. The number of nitrogens with zero attached hydrogens (tertiary/aromatic N) is 3. The van der Waals surface area contributed by atoms with E-state index in [4.69, 9.17) is 0 Å². The number of amides is 3. The highest BCUT2D eigenvalue weighted by Gasteiger charge is 2.35. The van der Waals surface area contributed by atoms with Crippen LogP contribution in [0.1, 0.15) is 42.3 Å². The number of benzene rings is 2. The van der Waals surface area contributed by atoms with Crippen LogP contribution in [0.15, 0.2) is 72.9 Å². The Hall–Kier alpha value is -3.80. The zero-order valence-electron chi connectivity index (χ0n) is 16.6. The largest absolute Gasteiger partial charge is 0.336 e. The highest BCUT2D eigenvalue weighted by molar-refractivity contribution is 6.22. The third-order valence-electron chi connectivity index (χ3n) is 5.16. The molecule has 1 aromatic heterocycles. The van der Waals surface area contributed by atoms with E-state index in [1.807, 2.05) is 48.5 Å². The van der Waals surface area contributed by atoms with Crippen LogP contribution in [0.25, 0.3) is 0 Å². The summed E-state index contributed by atoms with van der Waals surface area (Å²) in [5.41, 5.74) is 2.83. The van der Waals surface area contributed by atoms with Crippen molar-refractivity contribution < 1.29 is 14.4 Å². The molecule has 1 aliphatic heterocycles. The van der Waals surface area contributed by atoms with Gasteiger partial charge < -0.3 is 4.90 Å². The predicted molar refractivity (Wildman–Crippen MR) is 112 cm³/mol. The first-order valence-electron chi connectivity index (χ1n) is 9.74. The molecule has 3 aromatic rings. The molecular weight excluding hydrogens is 378 g/mol. The second kappa shape index (κ2) is 8.29. The molecule has 0 atom stereocenters. The minimum atomic E-state index is -0.354. The maximum Gasteiger partial charge on any atom is 0.261 e. The number of hydrogen-bond donors (Lipinski definition) is 0. The van der Waals surface area contributed by atoms with E-state index in [9.17, 15) is 14.4 Å². The zero-order valence-corrected chi connectivity index (χ0v) is 16.6. The number of hydrogen-bond acceptors (Lipinski definition) is 4. The quantitative estimate of drug-likeness (QED) is 0.597. The lowest BCUT2D eigenvalue weighted by Crippen LogP contribution is -2.31. The lowest BCUT2D eigenvalue weighted by atomic mass is 10.0. The van der Waals surface area contributed by atoms with Gasteiger partial charge in [-0.2, -0.15) is 0 Å². The smallest absolute Gasteiger partial charge is 0.261 e. The van der Waals surface area contributed by atoms with E-state index in [1.165, 1.54) is 11.0 Å². The monoisotopic (exact) mass is 399 g/mol. The van der Waals surface area contributed by atoms with Crippen LogP contribution in [-0.2, 0) is 13.0 Å². The van der Waals surface area contributed by atoms with Crippen LogP contribution in [0.5, 0.6) is 0 Å². The molecule has 0 saturated carbocycles. The number of fused-ring (bicyclic) bond motifs is 1. The second-order valence-electron chi connectivity index (χ2n) is 7.24. The van der Waals surface area contributed by atoms with Crippen molar-refractivity contribution in [3.05, 3.63) is 101 Å². The Bertz CT molecular complexity index is 1100. The molecule has 6 nitrogen and oxygen atoms in total. The van der Waals surface area contributed by atoms with E-state index in [-0.39, 0.29) is 23.3 Å². The molecule has 2 heterocycles. The molecule has 2 aromatic carbocycles. The summed E-state index contributed by atoms with van der Waals surface area (Å²) < 4.78 is 0. The molecule has 0 unspecified atom stereocenters. The molecule has 0 spiro atoms. The van der Waals surface area contributed by atoms with Gasteiger partial charge in [-0.15, -0.1) is 0 Å². The number of aromatic nitrogens is 1. The molecule has 0 fully saturated rings. The fourth-order valence-corrected chi connectivity index (χ4v) is 3.54. The molecule has 0 aliphatic carbocycles. The molecule has 0 N–H and O–H groups in total. The summed E-state index contributed by atoms with van der Waals surface area (Å²) in [5, 5.41) is 0. The SMILES string of the molecule is CN(Cc1ccccn1)C(=O)c1ccc2c(c1)C(=O)N(CCc1ccccc1)C2=O. The summed E-state index contributed by atoms with van der Waals surface area (Å²) in [7, 11) is 1.68. The first kappa shape index (κ1) is 19.5. The summed E-state index contributed by atoms with van der Waals surface area (Å²) in [4.78, 5) is 45.4. The van der Waals surface area contributed by atoms with Crippen LogP contribution < -0.4 is 0 Å². The van der Waals surface area contributed by atoms with Crippen molar-refractivity contribution in [2.75, 3.05) is 13.6 Å². The Morgan fingerprint density at radius 1 is 0.933 bits per heavy atom. The lowest BCUT2D eigenvalue weighted by Gasteiger charge is -2.17. The van der Waals surface area contributed by atoms with E-state index in [2.05, 4.69) is 4.98 Å². The Labute approximate surface area is 174 Å². The van der Waals surface area contributed by atoms with Crippen LogP contribution in [-0.4, -0.2) is 46.1 Å². The summed E-state index contributed by atoms with van der Waals surface area (Å²) in [6.45, 7) is 0.659. The lowest BCUT2D eigenvalue weighted by molar-refractivity contribution is 0.0655. The number of carbonyl (C=O) groups excluding carboxylic acids is 3. The third-order valence-corrected chi connectivity index (χ3v) is 5.16. The van der Waals surface area contributed by atoms with Gasteiger partial charge in [0.25, 0.3) is 17.7 Å². The van der Waals surface area contributed by atoms with Crippen molar-refractivity contribution in [2.24, 2.45) is 0 Å². The highest BCUT2D eigenvalue weighted by atomic mass is 16.2. The fraction of sp³-hybridized carbons (Fsp3) is 0.167. The van der Waals surface area contributed by atoms with Crippen LogP contribution >= 0.6 is 0 Å². The van der Waals surface area contributed by atoms with Crippen LogP contribution in [0, 0.1) is 0 Å². The Morgan fingerprint density at radius 3 is 2.40 bits per heavy atom. The van der Waals surface area contributed by atoms with E-state index in [1.54, 1.807) is 30.3 Å². The Morgan fingerprint density at radius 2 is 1.67 bits per heavy atom. The predicted octanol–water partition coefficient (Wildman–Crippen LogP) is 3.19. The molecule has 0 saturated heterocycles. The highest BCUT2D eigenvalue weighted by Crippen LogP contribution is 2.25. The summed E-state index contributed by atoms with van der Waals surface area (Å²) in [5.74, 6) is -0.897. The third kappa shape index (κ3) is 3.85. The Kier molecular flexibility index (Phi) is 5.39. The summed E-state index contributed by atoms with van der Waals surface area (Å²) >= 11 is 0. The van der Waals surface area contributed by atoms with Gasteiger partial charge >= 0.3 is 0 Å². The van der Waals surface area contributed by atoms with Gasteiger partial charge in [-0.25, -0.2) is 0 Å². The molecule has 0 radical (unpaired) electrons. The fourth-order valence-electron chi connectivity index (χ4n) is 3.54.